The van der Waals surface area contributed by atoms with E-state index in [9.17, 15) is 4.39 Å². The topological polar surface area (TPSA) is 36.3 Å². The van der Waals surface area contributed by atoms with Gasteiger partial charge in [-0.05, 0) is 18.2 Å². The SMILES string of the molecule is COCC(Cn1c(CCl)nc2ccc(F)cc21)OC. The minimum atomic E-state index is -0.296. The number of hydrogen-bond acceptors (Lipinski definition) is 3. The Morgan fingerprint density at radius 2 is 2.21 bits per heavy atom. The lowest BCUT2D eigenvalue weighted by atomic mass is 10.3. The third kappa shape index (κ3) is 3.05. The van der Waals surface area contributed by atoms with Gasteiger partial charge in [0.05, 0.1) is 36.2 Å². The van der Waals surface area contributed by atoms with Crippen molar-refractivity contribution in [3.05, 3.63) is 29.8 Å². The zero-order valence-electron chi connectivity index (χ0n) is 10.9. The van der Waals surface area contributed by atoms with E-state index in [1.807, 2.05) is 4.57 Å². The van der Waals surface area contributed by atoms with Gasteiger partial charge in [-0.15, -0.1) is 11.6 Å². The van der Waals surface area contributed by atoms with Crippen molar-refractivity contribution >= 4 is 22.6 Å². The molecule has 1 aromatic carbocycles. The molecule has 0 aliphatic carbocycles. The second-order valence-electron chi connectivity index (χ2n) is 4.22. The van der Waals surface area contributed by atoms with Crippen LogP contribution < -0.4 is 0 Å². The first kappa shape index (κ1) is 14.2. The summed E-state index contributed by atoms with van der Waals surface area (Å²) < 4.78 is 25.7. The second kappa shape index (κ2) is 6.32. The Morgan fingerprint density at radius 1 is 1.42 bits per heavy atom. The molecule has 0 amide bonds. The van der Waals surface area contributed by atoms with Crippen LogP contribution in [0.1, 0.15) is 5.82 Å². The van der Waals surface area contributed by atoms with Crippen molar-refractivity contribution in [2.45, 2.75) is 18.5 Å². The van der Waals surface area contributed by atoms with Gasteiger partial charge < -0.3 is 14.0 Å². The maximum atomic E-state index is 13.4. The highest BCUT2D eigenvalue weighted by molar-refractivity contribution is 6.16. The number of fused-ring (bicyclic) bond motifs is 1. The molecule has 2 aromatic rings. The molecular weight excluding hydrogens is 271 g/mol. The second-order valence-corrected chi connectivity index (χ2v) is 4.49. The summed E-state index contributed by atoms with van der Waals surface area (Å²) in [6, 6.07) is 4.49. The minimum Gasteiger partial charge on any atom is -0.382 e. The summed E-state index contributed by atoms with van der Waals surface area (Å²) in [5.41, 5.74) is 1.44. The fourth-order valence-electron chi connectivity index (χ4n) is 2.04. The van der Waals surface area contributed by atoms with Crippen molar-refractivity contribution in [2.24, 2.45) is 0 Å². The summed E-state index contributed by atoms with van der Waals surface area (Å²) in [7, 11) is 3.23. The van der Waals surface area contributed by atoms with Crippen LogP contribution >= 0.6 is 11.6 Å². The van der Waals surface area contributed by atoms with E-state index >= 15 is 0 Å². The normalized spacial score (nSPS) is 13.1. The van der Waals surface area contributed by atoms with E-state index in [-0.39, 0.29) is 17.8 Å². The summed E-state index contributed by atoms with van der Waals surface area (Å²) in [5, 5.41) is 0. The first-order chi connectivity index (χ1) is 9.19. The number of hydrogen-bond donors (Lipinski definition) is 0. The number of ether oxygens (including phenoxy) is 2. The van der Waals surface area contributed by atoms with Crippen molar-refractivity contribution in [1.82, 2.24) is 9.55 Å². The summed E-state index contributed by atoms with van der Waals surface area (Å²) in [4.78, 5) is 4.39. The number of aromatic nitrogens is 2. The monoisotopic (exact) mass is 286 g/mol. The molecule has 1 atom stereocenters. The van der Waals surface area contributed by atoms with E-state index in [2.05, 4.69) is 4.98 Å². The number of benzene rings is 1. The highest BCUT2D eigenvalue weighted by Crippen LogP contribution is 2.19. The van der Waals surface area contributed by atoms with E-state index in [0.29, 0.717) is 24.5 Å². The molecule has 2 rings (SSSR count). The third-order valence-corrected chi connectivity index (χ3v) is 3.22. The predicted octanol–water partition coefficient (Wildman–Crippen LogP) is 2.58. The number of nitrogens with zero attached hydrogens (tertiary/aromatic N) is 2. The Morgan fingerprint density at radius 3 is 2.84 bits per heavy atom. The zero-order valence-corrected chi connectivity index (χ0v) is 11.7. The summed E-state index contributed by atoms with van der Waals surface area (Å²) >= 11 is 5.90. The van der Waals surface area contributed by atoms with Gasteiger partial charge in [0.15, 0.2) is 0 Å². The lowest BCUT2D eigenvalue weighted by molar-refractivity contribution is 0.0186. The third-order valence-electron chi connectivity index (χ3n) is 2.98. The Labute approximate surface area is 116 Å². The molecule has 6 heteroatoms. The molecule has 19 heavy (non-hydrogen) atoms. The van der Waals surface area contributed by atoms with Crippen molar-refractivity contribution in [3.8, 4) is 0 Å². The average molecular weight is 287 g/mol. The molecule has 0 radical (unpaired) electrons. The van der Waals surface area contributed by atoms with Crippen molar-refractivity contribution in [1.29, 1.82) is 0 Å². The first-order valence-corrected chi connectivity index (χ1v) is 6.45. The van der Waals surface area contributed by atoms with Crippen LogP contribution in [0.15, 0.2) is 18.2 Å². The maximum absolute atomic E-state index is 13.4. The average Bonchev–Trinajstić information content (AvgIpc) is 2.75. The zero-order chi connectivity index (χ0) is 13.8. The molecule has 1 heterocycles. The molecule has 1 unspecified atom stereocenters. The number of halogens is 2. The van der Waals surface area contributed by atoms with Crippen molar-refractivity contribution in [3.63, 3.8) is 0 Å². The van der Waals surface area contributed by atoms with E-state index < -0.39 is 0 Å². The van der Waals surface area contributed by atoms with Gasteiger partial charge in [-0.3, -0.25) is 0 Å². The van der Waals surface area contributed by atoms with Crippen LogP contribution in [-0.4, -0.2) is 36.5 Å². The maximum Gasteiger partial charge on any atom is 0.125 e. The fraction of sp³-hybridized carbons (Fsp3) is 0.462. The van der Waals surface area contributed by atoms with Crippen LogP contribution in [0.2, 0.25) is 0 Å². The van der Waals surface area contributed by atoms with Gasteiger partial charge in [0.1, 0.15) is 11.6 Å². The molecule has 0 spiro atoms. The van der Waals surface area contributed by atoms with Gasteiger partial charge in [0.25, 0.3) is 0 Å². The fourth-order valence-corrected chi connectivity index (χ4v) is 2.24. The molecule has 0 N–H and O–H groups in total. The number of imidazole rings is 1. The van der Waals surface area contributed by atoms with E-state index in [0.717, 1.165) is 5.52 Å². The molecule has 0 aliphatic rings. The van der Waals surface area contributed by atoms with Gasteiger partial charge in [0.2, 0.25) is 0 Å². The van der Waals surface area contributed by atoms with Gasteiger partial charge in [-0.25, -0.2) is 9.37 Å². The van der Waals surface area contributed by atoms with E-state index in [1.165, 1.54) is 12.1 Å². The van der Waals surface area contributed by atoms with Crippen LogP contribution in [0.4, 0.5) is 4.39 Å². The molecule has 0 bridgehead atoms. The minimum absolute atomic E-state index is 0.132. The standard InChI is InChI=1S/C13H16ClFN2O2/c1-18-8-10(19-2)7-17-12-5-9(15)3-4-11(12)16-13(17)6-14/h3-5,10H,6-8H2,1-2H3. The Hall–Kier alpha value is -1.17. The predicted molar refractivity (Wildman–Crippen MR) is 71.9 cm³/mol. The Bertz CT molecular complexity index is 559. The van der Waals surface area contributed by atoms with Crippen molar-refractivity contribution < 1.29 is 13.9 Å². The molecule has 0 aliphatic heterocycles. The first-order valence-electron chi connectivity index (χ1n) is 5.92. The molecule has 104 valence electrons. The van der Waals surface area contributed by atoms with Crippen LogP contribution in [0.25, 0.3) is 11.0 Å². The summed E-state index contributed by atoms with van der Waals surface area (Å²) in [6.07, 6.45) is -0.132. The van der Waals surface area contributed by atoms with Gasteiger partial charge >= 0.3 is 0 Å². The summed E-state index contributed by atoms with van der Waals surface area (Å²) in [5.74, 6) is 0.663. The smallest absolute Gasteiger partial charge is 0.125 e. The van der Waals surface area contributed by atoms with Crippen LogP contribution in [-0.2, 0) is 21.9 Å². The Kier molecular flexibility index (Phi) is 4.74. The summed E-state index contributed by atoms with van der Waals surface area (Å²) in [6.45, 7) is 0.972. The number of rotatable bonds is 6. The molecular formula is C13H16ClFN2O2. The van der Waals surface area contributed by atoms with E-state index in [1.54, 1.807) is 20.3 Å². The molecule has 0 fully saturated rings. The highest BCUT2D eigenvalue weighted by atomic mass is 35.5. The highest BCUT2D eigenvalue weighted by Gasteiger charge is 2.15. The van der Waals surface area contributed by atoms with Gasteiger partial charge in [-0.1, -0.05) is 0 Å². The molecule has 0 saturated heterocycles. The lowest BCUT2D eigenvalue weighted by Crippen LogP contribution is -2.24. The number of alkyl halides is 1. The molecule has 1 aromatic heterocycles. The largest absolute Gasteiger partial charge is 0.382 e. The lowest BCUT2D eigenvalue weighted by Gasteiger charge is -2.17. The molecule has 4 nitrogen and oxygen atoms in total. The quantitative estimate of drug-likeness (QED) is 0.766. The number of methoxy groups -OCH3 is 2. The van der Waals surface area contributed by atoms with Crippen LogP contribution in [0.3, 0.4) is 0 Å². The van der Waals surface area contributed by atoms with Crippen molar-refractivity contribution in [2.75, 3.05) is 20.8 Å². The van der Waals surface area contributed by atoms with E-state index in [4.69, 9.17) is 21.1 Å². The Balaban J connectivity index is 2.41. The molecule has 0 saturated carbocycles. The van der Waals surface area contributed by atoms with Crippen LogP contribution in [0.5, 0.6) is 0 Å². The van der Waals surface area contributed by atoms with Gasteiger partial charge in [0, 0.05) is 14.2 Å². The van der Waals surface area contributed by atoms with Gasteiger partial charge in [-0.2, -0.15) is 0 Å². The van der Waals surface area contributed by atoms with Crippen LogP contribution in [0, 0.1) is 5.82 Å².